The van der Waals surface area contributed by atoms with Crippen LogP contribution in [0.1, 0.15) is 55.6 Å². The molecule has 0 aromatic carbocycles. The Hall–Kier alpha value is -0.850. The van der Waals surface area contributed by atoms with E-state index in [2.05, 4.69) is 17.2 Å². The first-order chi connectivity index (χ1) is 7.45. The largest absolute Gasteiger partial charge is 0.264 e. The highest BCUT2D eigenvalue weighted by Crippen LogP contribution is 2.43. The zero-order valence-corrected chi connectivity index (χ0v) is 9.28. The number of hydrogen-bond donors (Lipinski definition) is 0. The molecule has 1 fully saturated rings. The molecule has 1 saturated carbocycles. The van der Waals surface area contributed by atoms with Crippen LogP contribution in [0.15, 0.2) is 18.5 Å². The number of aromatic nitrogens is 1. The zero-order chi connectivity index (χ0) is 10.1. The number of nitrogens with zero attached hydrogens (tertiary/aromatic N) is 1. The SMILES string of the molecule is c1cc2c(cn1)CCCC2C1CCCC1. The topological polar surface area (TPSA) is 12.9 Å². The van der Waals surface area contributed by atoms with E-state index >= 15 is 0 Å². The van der Waals surface area contributed by atoms with Gasteiger partial charge in [-0.25, -0.2) is 0 Å². The molecule has 2 aliphatic rings. The van der Waals surface area contributed by atoms with E-state index in [9.17, 15) is 0 Å². The van der Waals surface area contributed by atoms with Gasteiger partial charge in [-0.1, -0.05) is 12.8 Å². The van der Waals surface area contributed by atoms with Gasteiger partial charge in [0.15, 0.2) is 0 Å². The van der Waals surface area contributed by atoms with Crippen molar-refractivity contribution in [2.45, 2.75) is 50.9 Å². The van der Waals surface area contributed by atoms with Gasteiger partial charge >= 0.3 is 0 Å². The molecule has 0 saturated heterocycles. The van der Waals surface area contributed by atoms with E-state index in [4.69, 9.17) is 0 Å². The lowest BCUT2D eigenvalue weighted by Crippen LogP contribution is -2.16. The smallest absolute Gasteiger partial charge is 0.0302 e. The minimum absolute atomic E-state index is 0.860. The van der Waals surface area contributed by atoms with Crippen molar-refractivity contribution in [1.29, 1.82) is 0 Å². The Labute approximate surface area is 91.9 Å². The van der Waals surface area contributed by atoms with Crippen LogP contribution in [0.3, 0.4) is 0 Å². The number of aryl methyl sites for hydroxylation is 1. The maximum atomic E-state index is 4.26. The Morgan fingerprint density at radius 3 is 2.80 bits per heavy atom. The Morgan fingerprint density at radius 1 is 1.07 bits per heavy atom. The van der Waals surface area contributed by atoms with Crippen molar-refractivity contribution >= 4 is 0 Å². The van der Waals surface area contributed by atoms with Gasteiger partial charge in [0.1, 0.15) is 0 Å². The lowest BCUT2D eigenvalue weighted by atomic mass is 9.76. The first kappa shape index (κ1) is 9.38. The van der Waals surface area contributed by atoms with Gasteiger partial charge in [-0.15, -0.1) is 0 Å². The number of hydrogen-bond acceptors (Lipinski definition) is 1. The third-order valence-electron chi connectivity index (χ3n) is 4.27. The van der Waals surface area contributed by atoms with Crippen molar-refractivity contribution in [3.8, 4) is 0 Å². The molecule has 1 aromatic rings. The predicted octanol–water partition coefficient (Wildman–Crippen LogP) is 3.69. The molecule has 2 aliphatic carbocycles. The molecule has 0 bridgehead atoms. The summed E-state index contributed by atoms with van der Waals surface area (Å²) in [5.41, 5.74) is 3.16. The van der Waals surface area contributed by atoms with Crippen LogP contribution in [0.25, 0.3) is 0 Å². The van der Waals surface area contributed by atoms with E-state index in [0.717, 1.165) is 11.8 Å². The quantitative estimate of drug-likeness (QED) is 0.675. The molecule has 15 heavy (non-hydrogen) atoms. The fraction of sp³-hybridized carbons (Fsp3) is 0.643. The second-order valence-electron chi connectivity index (χ2n) is 5.12. The molecule has 0 radical (unpaired) electrons. The average molecular weight is 201 g/mol. The van der Waals surface area contributed by atoms with Crippen molar-refractivity contribution in [3.05, 3.63) is 29.6 Å². The normalized spacial score (nSPS) is 26.5. The summed E-state index contributed by atoms with van der Waals surface area (Å²) in [4.78, 5) is 4.26. The molecule has 0 amide bonds. The second kappa shape index (κ2) is 3.96. The summed E-state index contributed by atoms with van der Waals surface area (Å²) in [7, 11) is 0. The zero-order valence-electron chi connectivity index (χ0n) is 9.28. The van der Waals surface area contributed by atoms with Gasteiger partial charge in [0.05, 0.1) is 0 Å². The summed E-state index contributed by atoms with van der Waals surface area (Å²) in [6.45, 7) is 0. The highest BCUT2D eigenvalue weighted by atomic mass is 14.6. The van der Waals surface area contributed by atoms with E-state index in [-0.39, 0.29) is 0 Å². The Bertz CT molecular complexity index is 339. The Morgan fingerprint density at radius 2 is 1.93 bits per heavy atom. The summed E-state index contributed by atoms with van der Waals surface area (Å²) in [6.07, 6.45) is 14.0. The maximum absolute atomic E-state index is 4.26. The Kier molecular flexibility index (Phi) is 2.47. The van der Waals surface area contributed by atoms with Gasteiger partial charge in [0.25, 0.3) is 0 Å². The summed E-state index contributed by atoms with van der Waals surface area (Å²) < 4.78 is 0. The van der Waals surface area contributed by atoms with Gasteiger partial charge in [0, 0.05) is 12.4 Å². The van der Waals surface area contributed by atoms with E-state index in [0.29, 0.717) is 0 Å². The number of pyridine rings is 1. The van der Waals surface area contributed by atoms with Crippen molar-refractivity contribution in [1.82, 2.24) is 4.98 Å². The van der Waals surface area contributed by atoms with Gasteiger partial charge in [-0.2, -0.15) is 0 Å². The van der Waals surface area contributed by atoms with Crippen LogP contribution in [-0.4, -0.2) is 4.98 Å². The molecular formula is C14H19N. The first-order valence-electron chi connectivity index (χ1n) is 6.38. The van der Waals surface area contributed by atoms with Crippen LogP contribution in [-0.2, 0) is 6.42 Å². The summed E-state index contributed by atoms with van der Waals surface area (Å²) in [5.74, 6) is 1.84. The summed E-state index contributed by atoms with van der Waals surface area (Å²) in [6, 6.07) is 2.28. The lowest BCUT2D eigenvalue weighted by Gasteiger charge is -2.29. The highest BCUT2D eigenvalue weighted by Gasteiger charge is 2.29. The van der Waals surface area contributed by atoms with Crippen LogP contribution in [0.2, 0.25) is 0 Å². The monoisotopic (exact) mass is 201 g/mol. The minimum atomic E-state index is 0.860. The molecule has 1 unspecified atom stereocenters. The third kappa shape index (κ3) is 1.68. The Balaban J connectivity index is 1.91. The molecule has 1 heteroatoms. The van der Waals surface area contributed by atoms with Gasteiger partial charge in [-0.05, 0) is 61.1 Å². The van der Waals surface area contributed by atoms with Gasteiger partial charge in [-0.3, -0.25) is 4.98 Å². The fourth-order valence-corrected chi connectivity index (χ4v) is 3.53. The van der Waals surface area contributed by atoms with E-state index in [1.807, 2.05) is 6.20 Å². The van der Waals surface area contributed by atoms with Crippen LogP contribution >= 0.6 is 0 Å². The van der Waals surface area contributed by atoms with Crippen LogP contribution < -0.4 is 0 Å². The first-order valence-corrected chi connectivity index (χ1v) is 6.38. The van der Waals surface area contributed by atoms with Crippen LogP contribution in [0.5, 0.6) is 0 Å². The van der Waals surface area contributed by atoms with Crippen molar-refractivity contribution in [3.63, 3.8) is 0 Å². The standard InChI is InChI=1S/C14H19N/c1-2-5-11(4-1)13-7-3-6-12-10-15-9-8-14(12)13/h8-11,13H,1-7H2. The molecule has 0 aliphatic heterocycles. The number of fused-ring (bicyclic) bond motifs is 1. The molecule has 80 valence electrons. The van der Waals surface area contributed by atoms with E-state index in [1.165, 1.54) is 50.5 Å². The molecule has 1 aromatic heterocycles. The van der Waals surface area contributed by atoms with Crippen molar-refractivity contribution < 1.29 is 0 Å². The third-order valence-corrected chi connectivity index (χ3v) is 4.27. The highest BCUT2D eigenvalue weighted by molar-refractivity contribution is 5.30. The van der Waals surface area contributed by atoms with Crippen molar-refractivity contribution in [2.75, 3.05) is 0 Å². The predicted molar refractivity (Wildman–Crippen MR) is 61.9 cm³/mol. The molecule has 0 N–H and O–H groups in total. The van der Waals surface area contributed by atoms with E-state index in [1.54, 1.807) is 5.56 Å². The van der Waals surface area contributed by atoms with Gasteiger partial charge < -0.3 is 0 Å². The lowest BCUT2D eigenvalue weighted by molar-refractivity contribution is 0.386. The number of rotatable bonds is 1. The minimum Gasteiger partial charge on any atom is -0.264 e. The summed E-state index contributed by atoms with van der Waals surface area (Å²) >= 11 is 0. The van der Waals surface area contributed by atoms with Crippen LogP contribution in [0, 0.1) is 5.92 Å². The van der Waals surface area contributed by atoms with Gasteiger partial charge in [0.2, 0.25) is 0 Å². The molecule has 1 atom stereocenters. The fourth-order valence-electron chi connectivity index (χ4n) is 3.53. The van der Waals surface area contributed by atoms with E-state index < -0.39 is 0 Å². The molecule has 1 nitrogen and oxygen atoms in total. The summed E-state index contributed by atoms with van der Waals surface area (Å²) in [5, 5.41) is 0. The van der Waals surface area contributed by atoms with Crippen molar-refractivity contribution in [2.24, 2.45) is 5.92 Å². The molecule has 1 heterocycles. The average Bonchev–Trinajstić information content (AvgIpc) is 2.82. The maximum Gasteiger partial charge on any atom is 0.0302 e. The van der Waals surface area contributed by atoms with Crippen LogP contribution in [0.4, 0.5) is 0 Å². The molecule has 3 rings (SSSR count). The second-order valence-corrected chi connectivity index (χ2v) is 5.12. The molecule has 0 spiro atoms. The molecular weight excluding hydrogens is 182 g/mol.